The minimum atomic E-state index is 0.439. The molecule has 0 aromatic rings. The summed E-state index contributed by atoms with van der Waals surface area (Å²) in [5.41, 5.74) is 6.41. The lowest BCUT2D eigenvalue weighted by atomic mass is 9.87. The minimum absolute atomic E-state index is 0.439. The van der Waals surface area contributed by atoms with Crippen LogP contribution >= 0.6 is 0 Å². The lowest BCUT2D eigenvalue weighted by Crippen LogP contribution is -2.29. The number of rotatable bonds is 20. The molecule has 2 N–H and O–H groups in total. The van der Waals surface area contributed by atoms with Crippen LogP contribution in [0.1, 0.15) is 143 Å². The van der Waals surface area contributed by atoms with Crippen LogP contribution in [0.2, 0.25) is 0 Å². The molecule has 152 valence electrons. The van der Waals surface area contributed by atoms with Gasteiger partial charge in [0.2, 0.25) is 0 Å². The molecule has 1 heteroatoms. The quantitative estimate of drug-likeness (QED) is 0.218. The summed E-state index contributed by atoms with van der Waals surface area (Å²) in [5.74, 6) is 0.783. The minimum Gasteiger partial charge on any atom is -0.327 e. The second kappa shape index (κ2) is 20.3. The highest BCUT2D eigenvalue weighted by atomic mass is 14.6. The van der Waals surface area contributed by atoms with E-state index >= 15 is 0 Å². The first-order valence-corrected chi connectivity index (χ1v) is 12.0. The lowest BCUT2D eigenvalue weighted by molar-refractivity contribution is 0.334. The molecule has 0 aliphatic heterocycles. The molecule has 1 nitrogen and oxygen atoms in total. The molecule has 0 bridgehead atoms. The zero-order valence-electron chi connectivity index (χ0n) is 18.2. The van der Waals surface area contributed by atoms with Crippen LogP contribution in [-0.4, -0.2) is 6.04 Å². The topological polar surface area (TPSA) is 26.0 Å². The predicted octanol–water partition coefficient (Wildman–Crippen LogP) is 8.40. The first-order valence-electron chi connectivity index (χ1n) is 12.0. The first-order chi connectivity index (χ1) is 12.3. The Bertz CT molecular complexity index is 218. The number of unbranched alkanes of at least 4 members (excludes halogenated alkanes) is 14. The van der Waals surface area contributed by atoms with E-state index in [0.29, 0.717) is 6.04 Å². The largest absolute Gasteiger partial charge is 0.327 e. The van der Waals surface area contributed by atoms with Gasteiger partial charge in [-0.3, -0.25) is 0 Å². The van der Waals surface area contributed by atoms with E-state index in [1.165, 1.54) is 116 Å². The van der Waals surface area contributed by atoms with Gasteiger partial charge in [-0.05, 0) is 25.2 Å². The van der Waals surface area contributed by atoms with Crippen LogP contribution < -0.4 is 5.73 Å². The molecule has 0 fully saturated rings. The van der Waals surface area contributed by atoms with Gasteiger partial charge >= 0.3 is 0 Å². The van der Waals surface area contributed by atoms with Crippen LogP contribution in [-0.2, 0) is 0 Å². The average molecular weight is 354 g/mol. The molecule has 0 spiro atoms. The monoisotopic (exact) mass is 353 g/mol. The van der Waals surface area contributed by atoms with Crippen molar-refractivity contribution in [1.29, 1.82) is 0 Å². The molecule has 0 aromatic heterocycles. The number of hydrogen-bond acceptors (Lipinski definition) is 1. The van der Waals surface area contributed by atoms with Crippen molar-refractivity contribution in [3.8, 4) is 0 Å². The summed E-state index contributed by atoms with van der Waals surface area (Å²) >= 11 is 0. The molecule has 0 rings (SSSR count). The predicted molar refractivity (Wildman–Crippen MR) is 116 cm³/mol. The molecule has 0 aliphatic rings. The summed E-state index contributed by atoms with van der Waals surface area (Å²) in [4.78, 5) is 0. The molecular formula is C24H51N. The van der Waals surface area contributed by atoms with Gasteiger partial charge in [0.1, 0.15) is 0 Å². The van der Waals surface area contributed by atoms with Crippen molar-refractivity contribution in [2.24, 2.45) is 11.7 Å². The Morgan fingerprint density at radius 2 is 0.800 bits per heavy atom. The molecule has 0 radical (unpaired) electrons. The van der Waals surface area contributed by atoms with Gasteiger partial charge in [-0.25, -0.2) is 0 Å². The van der Waals surface area contributed by atoms with E-state index in [2.05, 4.69) is 20.8 Å². The fraction of sp³-hybridized carbons (Fsp3) is 1.00. The Morgan fingerprint density at radius 1 is 0.480 bits per heavy atom. The van der Waals surface area contributed by atoms with E-state index in [9.17, 15) is 0 Å². The molecular weight excluding hydrogens is 302 g/mol. The van der Waals surface area contributed by atoms with Gasteiger partial charge in [0.05, 0.1) is 0 Å². The Kier molecular flexibility index (Phi) is 20.2. The van der Waals surface area contributed by atoms with Crippen molar-refractivity contribution in [3.63, 3.8) is 0 Å². The van der Waals surface area contributed by atoms with Crippen molar-refractivity contribution in [3.05, 3.63) is 0 Å². The van der Waals surface area contributed by atoms with Crippen LogP contribution in [0.3, 0.4) is 0 Å². The molecule has 0 heterocycles. The van der Waals surface area contributed by atoms with Crippen molar-refractivity contribution in [1.82, 2.24) is 0 Å². The molecule has 25 heavy (non-hydrogen) atoms. The Labute approximate surface area is 160 Å². The summed E-state index contributed by atoms with van der Waals surface area (Å²) in [7, 11) is 0. The first kappa shape index (κ1) is 25.0. The third kappa shape index (κ3) is 17.1. The van der Waals surface area contributed by atoms with E-state index in [-0.39, 0.29) is 0 Å². The molecule has 0 saturated heterocycles. The fourth-order valence-electron chi connectivity index (χ4n) is 3.99. The number of nitrogens with two attached hydrogens (primary N) is 1. The molecule has 0 saturated carbocycles. The summed E-state index contributed by atoms with van der Waals surface area (Å²) < 4.78 is 0. The maximum atomic E-state index is 6.41. The highest BCUT2D eigenvalue weighted by molar-refractivity contribution is 4.72. The standard InChI is InChI=1S/C24H51N/c1-4-7-9-11-13-15-17-19-21-23(24(25)6-3)22-20-18-16-14-12-10-8-5-2/h23-24H,4-22,25H2,1-3H3. The van der Waals surface area contributed by atoms with Gasteiger partial charge < -0.3 is 5.73 Å². The smallest absolute Gasteiger partial charge is 0.00645 e. The second-order valence-electron chi connectivity index (χ2n) is 8.36. The summed E-state index contributed by atoms with van der Waals surface area (Å²) in [5, 5.41) is 0. The van der Waals surface area contributed by atoms with Gasteiger partial charge in [-0.15, -0.1) is 0 Å². The van der Waals surface area contributed by atoms with Gasteiger partial charge in [0.15, 0.2) is 0 Å². The van der Waals surface area contributed by atoms with E-state index < -0.39 is 0 Å². The fourth-order valence-corrected chi connectivity index (χ4v) is 3.99. The maximum absolute atomic E-state index is 6.41. The maximum Gasteiger partial charge on any atom is 0.00645 e. The Morgan fingerprint density at radius 3 is 1.12 bits per heavy atom. The highest BCUT2D eigenvalue weighted by Gasteiger charge is 2.15. The number of hydrogen-bond donors (Lipinski definition) is 1. The van der Waals surface area contributed by atoms with E-state index in [0.717, 1.165) is 12.3 Å². The average Bonchev–Trinajstić information content (AvgIpc) is 2.63. The third-order valence-electron chi connectivity index (χ3n) is 5.93. The third-order valence-corrected chi connectivity index (χ3v) is 5.93. The van der Waals surface area contributed by atoms with Crippen LogP contribution in [0, 0.1) is 5.92 Å². The summed E-state index contributed by atoms with van der Waals surface area (Å²) in [6.45, 7) is 6.85. The summed E-state index contributed by atoms with van der Waals surface area (Å²) in [6.07, 6.45) is 26.7. The van der Waals surface area contributed by atoms with Crippen molar-refractivity contribution < 1.29 is 0 Å². The zero-order valence-corrected chi connectivity index (χ0v) is 18.2. The van der Waals surface area contributed by atoms with Crippen molar-refractivity contribution >= 4 is 0 Å². The Hall–Kier alpha value is -0.0400. The SMILES string of the molecule is CCCCCCCCCCC(CCCCCCCCCC)C(N)CC. The van der Waals surface area contributed by atoms with Gasteiger partial charge in [-0.1, -0.05) is 124 Å². The van der Waals surface area contributed by atoms with Crippen LogP contribution in [0.5, 0.6) is 0 Å². The Balaban J connectivity index is 3.62. The molecule has 0 aromatic carbocycles. The van der Waals surface area contributed by atoms with Crippen LogP contribution in [0.25, 0.3) is 0 Å². The van der Waals surface area contributed by atoms with Gasteiger partial charge in [-0.2, -0.15) is 0 Å². The second-order valence-corrected chi connectivity index (χ2v) is 8.36. The zero-order chi connectivity index (χ0) is 18.6. The van der Waals surface area contributed by atoms with E-state index in [1.807, 2.05) is 0 Å². The normalized spacial score (nSPS) is 12.8. The molecule has 0 amide bonds. The van der Waals surface area contributed by atoms with E-state index in [1.54, 1.807) is 0 Å². The van der Waals surface area contributed by atoms with Crippen molar-refractivity contribution in [2.45, 2.75) is 149 Å². The highest BCUT2D eigenvalue weighted by Crippen LogP contribution is 2.23. The summed E-state index contributed by atoms with van der Waals surface area (Å²) in [6, 6.07) is 0.439. The lowest BCUT2D eigenvalue weighted by Gasteiger charge is -2.23. The van der Waals surface area contributed by atoms with Crippen LogP contribution in [0.4, 0.5) is 0 Å². The molecule has 1 atom stereocenters. The van der Waals surface area contributed by atoms with Crippen LogP contribution in [0.15, 0.2) is 0 Å². The van der Waals surface area contributed by atoms with E-state index in [4.69, 9.17) is 5.73 Å². The van der Waals surface area contributed by atoms with Gasteiger partial charge in [0.25, 0.3) is 0 Å². The molecule has 0 aliphatic carbocycles. The van der Waals surface area contributed by atoms with Gasteiger partial charge in [0, 0.05) is 6.04 Å². The molecule has 1 unspecified atom stereocenters. The van der Waals surface area contributed by atoms with Crippen molar-refractivity contribution in [2.75, 3.05) is 0 Å².